The second-order valence-corrected chi connectivity index (χ2v) is 10.0. The molecule has 1 fully saturated rings. The number of alkyl halides is 3. The number of rotatable bonds is 8. The summed E-state index contributed by atoms with van der Waals surface area (Å²) in [7, 11) is 1.84. The standard InChI is InChI=1S/C28H31F3N8O/c1-18-6-7-20(12-26(18)39-17-25(35-36-39)24-16-33-37(3)19(24)2)27(40)34-23-14-21(28(29,30)31)13-22(15-23)32-8-11-38-9-4-5-10-38/h6-7,12-17,32H,4-5,8-11H2,1-3H3,(H,34,40). The Bertz CT molecular complexity index is 1520. The van der Waals surface area contributed by atoms with Crippen molar-refractivity contribution in [1.82, 2.24) is 29.7 Å². The molecule has 0 saturated carbocycles. The van der Waals surface area contributed by atoms with Crippen molar-refractivity contribution in [2.45, 2.75) is 32.9 Å². The third-order valence-electron chi connectivity index (χ3n) is 7.20. The highest BCUT2D eigenvalue weighted by atomic mass is 19.4. The Morgan fingerprint density at radius 1 is 1.05 bits per heavy atom. The van der Waals surface area contributed by atoms with Crippen LogP contribution in [0.25, 0.3) is 16.9 Å². The van der Waals surface area contributed by atoms with Crippen LogP contribution in [-0.4, -0.2) is 61.8 Å². The molecule has 1 aliphatic heterocycles. The van der Waals surface area contributed by atoms with Gasteiger partial charge in [-0.05, 0) is 75.7 Å². The van der Waals surface area contributed by atoms with E-state index in [1.165, 1.54) is 6.07 Å². The molecule has 5 rings (SSSR count). The minimum absolute atomic E-state index is 0.0562. The zero-order valence-corrected chi connectivity index (χ0v) is 22.6. The van der Waals surface area contributed by atoms with Crippen molar-refractivity contribution in [3.8, 4) is 16.9 Å². The molecule has 0 aliphatic carbocycles. The molecule has 0 unspecified atom stereocenters. The van der Waals surface area contributed by atoms with E-state index in [0.29, 0.717) is 23.6 Å². The lowest BCUT2D eigenvalue weighted by Crippen LogP contribution is -2.26. The summed E-state index contributed by atoms with van der Waals surface area (Å²) < 4.78 is 44.2. The van der Waals surface area contributed by atoms with Gasteiger partial charge in [-0.15, -0.1) is 5.10 Å². The van der Waals surface area contributed by atoms with E-state index in [2.05, 4.69) is 30.9 Å². The van der Waals surface area contributed by atoms with Crippen molar-refractivity contribution in [1.29, 1.82) is 0 Å². The quantitative estimate of drug-likeness (QED) is 0.317. The summed E-state index contributed by atoms with van der Waals surface area (Å²) in [5.41, 5.74) is 3.68. The molecule has 2 aromatic heterocycles. The van der Waals surface area contributed by atoms with Crippen molar-refractivity contribution in [2.24, 2.45) is 7.05 Å². The van der Waals surface area contributed by atoms with E-state index in [0.717, 1.165) is 61.4 Å². The Labute approximate surface area is 230 Å². The number of amides is 1. The van der Waals surface area contributed by atoms with E-state index in [1.54, 1.807) is 40.0 Å². The first-order valence-electron chi connectivity index (χ1n) is 13.1. The van der Waals surface area contributed by atoms with Crippen LogP contribution < -0.4 is 10.6 Å². The average Bonchev–Trinajstić information content (AvgIpc) is 3.67. The number of aryl methyl sites for hydroxylation is 2. The number of hydrogen-bond donors (Lipinski definition) is 2. The molecule has 2 N–H and O–H groups in total. The molecule has 12 heteroatoms. The number of carbonyl (C=O) groups is 1. The van der Waals surface area contributed by atoms with Gasteiger partial charge in [-0.3, -0.25) is 9.48 Å². The van der Waals surface area contributed by atoms with Crippen LogP contribution in [0.1, 0.15) is 40.0 Å². The molecule has 2 aromatic carbocycles. The molecule has 1 amide bonds. The van der Waals surface area contributed by atoms with Gasteiger partial charge in [0.25, 0.3) is 5.91 Å². The second-order valence-electron chi connectivity index (χ2n) is 10.0. The van der Waals surface area contributed by atoms with E-state index in [-0.39, 0.29) is 11.3 Å². The van der Waals surface area contributed by atoms with Crippen LogP contribution in [0.15, 0.2) is 48.8 Å². The fourth-order valence-corrected chi connectivity index (χ4v) is 4.79. The smallest absolute Gasteiger partial charge is 0.384 e. The number of nitrogens with one attached hydrogen (secondary N) is 2. The largest absolute Gasteiger partial charge is 0.416 e. The molecule has 40 heavy (non-hydrogen) atoms. The molecule has 0 bridgehead atoms. The second kappa shape index (κ2) is 11.1. The van der Waals surface area contributed by atoms with Crippen molar-refractivity contribution >= 4 is 17.3 Å². The zero-order valence-electron chi connectivity index (χ0n) is 22.6. The lowest BCUT2D eigenvalue weighted by atomic mass is 10.1. The number of halogens is 3. The summed E-state index contributed by atoms with van der Waals surface area (Å²) in [5.74, 6) is -0.535. The Balaban J connectivity index is 1.35. The van der Waals surface area contributed by atoms with Gasteiger partial charge in [-0.2, -0.15) is 18.3 Å². The molecule has 3 heterocycles. The van der Waals surface area contributed by atoms with Crippen LogP contribution in [0.3, 0.4) is 0 Å². The first-order chi connectivity index (χ1) is 19.1. The van der Waals surface area contributed by atoms with Gasteiger partial charge in [0.15, 0.2) is 0 Å². The van der Waals surface area contributed by atoms with Crippen LogP contribution >= 0.6 is 0 Å². The third kappa shape index (κ3) is 6.01. The summed E-state index contributed by atoms with van der Waals surface area (Å²) in [6.07, 6.45) is 1.19. The van der Waals surface area contributed by atoms with Crippen LogP contribution in [-0.2, 0) is 13.2 Å². The number of aromatic nitrogens is 5. The Kier molecular flexibility index (Phi) is 7.61. The predicted molar refractivity (Wildman–Crippen MR) is 147 cm³/mol. The molecule has 210 valence electrons. The van der Waals surface area contributed by atoms with Gasteiger partial charge in [0, 0.05) is 48.3 Å². The van der Waals surface area contributed by atoms with Crippen LogP contribution in [0.4, 0.5) is 24.5 Å². The molecule has 9 nitrogen and oxygen atoms in total. The van der Waals surface area contributed by atoms with Gasteiger partial charge in [-0.1, -0.05) is 11.3 Å². The predicted octanol–water partition coefficient (Wildman–Crippen LogP) is 5.06. The highest BCUT2D eigenvalue weighted by molar-refractivity contribution is 6.05. The van der Waals surface area contributed by atoms with Crippen molar-refractivity contribution in [3.63, 3.8) is 0 Å². The molecule has 1 saturated heterocycles. The number of benzene rings is 2. The normalized spacial score (nSPS) is 14.1. The topological polar surface area (TPSA) is 92.9 Å². The summed E-state index contributed by atoms with van der Waals surface area (Å²) in [4.78, 5) is 15.4. The van der Waals surface area contributed by atoms with Gasteiger partial charge >= 0.3 is 6.18 Å². The highest BCUT2D eigenvalue weighted by Gasteiger charge is 2.31. The monoisotopic (exact) mass is 552 g/mol. The van der Waals surface area contributed by atoms with E-state index >= 15 is 0 Å². The average molecular weight is 553 g/mol. The fourth-order valence-electron chi connectivity index (χ4n) is 4.79. The highest BCUT2D eigenvalue weighted by Crippen LogP contribution is 2.34. The Morgan fingerprint density at radius 3 is 2.50 bits per heavy atom. The SMILES string of the molecule is Cc1ccc(C(=O)Nc2cc(NCCN3CCCC3)cc(C(F)(F)F)c2)cc1-n1cc(-c2cnn(C)c2C)nn1. The molecule has 1 aliphatic rings. The van der Waals surface area contributed by atoms with Gasteiger partial charge in [-0.25, -0.2) is 4.68 Å². The lowest BCUT2D eigenvalue weighted by Gasteiger charge is -2.17. The molecular weight excluding hydrogens is 521 g/mol. The zero-order chi connectivity index (χ0) is 28.4. The number of nitrogens with zero attached hydrogens (tertiary/aromatic N) is 6. The minimum Gasteiger partial charge on any atom is -0.384 e. The van der Waals surface area contributed by atoms with Crippen LogP contribution in [0.5, 0.6) is 0 Å². The van der Waals surface area contributed by atoms with Crippen molar-refractivity contribution < 1.29 is 18.0 Å². The minimum atomic E-state index is -4.55. The maximum absolute atomic E-state index is 13.6. The van der Waals surface area contributed by atoms with Gasteiger partial charge in [0.1, 0.15) is 5.69 Å². The van der Waals surface area contributed by atoms with E-state index < -0.39 is 17.6 Å². The summed E-state index contributed by atoms with van der Waals surface area (Å²) in [6, 6.07) is 8.56. The van der Waals surface area contributed by atoms with E-state index in [1.807, 2.05) is 20.9 Å². The van der Waals surface area contributed by atoms with Crippen molar-refractivity contribution in [3.05, 3.63) is 71.2 Å². The number of likely N-dealkylation sites (tertiary alicyclic amines) is 1. The third-order valence-corrected chi connectivity index (χ3v) is 7.20. The van der Waals surface area contributed by atoms with Gasteiger partial charge < -0.3 is 15.5 Å². The number of carbonyl (C=O) groups excluding carboxylic acids is 1. The first-order valence-corrected chi connectivity index (χ1v) is 13.1. The number of anilines is 2. The lowest BCUT2D eigenvalue weighted by molar-refractivity contribution is -0.137. The summed E-state index contributed by atoms with van der Waals surface area (Å²) >= 11 is 0. The van der Waals surface area contributed by atoms with E-state index in [9.17, 15) is 18.0 Å². The van der Waals surface area contributed by atoms with Gasteiger partial charge in [0.2, 0.25) is 0 Å². The summed E-state index contributed by atoms with van der Waals surface area (Å²) in [6.45, 7) is 7.07. The Morgan fingerprint density at radius 2 is 1.80 bits per heavy atom. The van der Waals surface area contributed by atoms with Crippen LogP contribution in [0.2, 0.25) is 0 Å². The first kappa shape index (κ1) is 27.4. The molecule has 0 atom stereocenters. The number of hydrogen-bond acceptors (Lipinski definition) is 6. The van der Waals surface area contributed by atoms with Gasteiger partial charge in [0.05, 0.1) is 23.6 Å². The van der Waals surface area contributed by atoms with Crippen molar-refractivity contribution in [2.75, 3.05) is 36.8 Å². The maximum Gasteiger partial charge on any atom is 0.416 e. The fraction of sp³-hybridized carbons (Fsp3) is 0.357. The molecule has 0 spiro atoms. The van der Waals surface area contributed by atoms with Crippen LogP contribution in [0, 0.1) is 13.8 Å². The Hall–Kier alpha value is -4.19. The molecule has 4 aromatic rings. The molecule has 0 radical (unpaired) electrons. The molecular formula is C28H31F3N8O. The van der Waals surface area contributed by atoms with E-state index in [4.69, 9.17) is 0 Å². The summed E-state index contributed by atoms with van der Waals surface area (Å²) in [5, 5.41) is 18.4. The maximum atomic E-state index is 13.6.